The second kappa shape index (κ2) is 4.06. The Hall–Kier alpha value is -0.330. The number of aromatic hydroxyl groups is 1. The number of phenols is 1. The molecule has 0 aliphatic carbocycles. The molecule has 66 valence electrons. The fourth-order valence-corrected chi connectivity index (χ4v) is 1.44. The first-order valence-corrected chi connectivity index (χ1v) is 4.58. The second-order valence-electron chi connectivity index (χ2n) is 2.49. The summed E-state index contributed by atoms with van der Waals surface area (Å²) in [7, 11) is 0. The SMILES string of the molecule is N[C@H](CO)c1cc(I)ccc1O. The maximum absolute atomic E-state index is 9.34. The highest BCUT2D eigenvalue weighted by atomic mass is 127. The molecule has 4 heteroatoms. The monoisotopic (exact) mass is 279 g/mol. The predicted molar refractivity (Wildman–Crippen MR) is 54.8 cm³/mol. The van der Waals surface area contributed by atoms with E-state index in [1.165, 1.54) is 0 Å². The minimum atomic E-state index is -0.500. The molecule has 1 aromatic rings. The predicted octanol–water partition coefficient (Wildman–Crippen LogP) is 0.989. The second-order valence-corrected chi connectivity index (χ2v) is 3.74. The molecule has 12 heavy (non-hydrogen) atoms. The largest absolute Gasteiger partial charge is 0.508 e. The third-order valence-electron chi connectivity index (χ3n) is 1.59. The first-order chi connectivity index (χ1) is 5.65. The molecule has 0 saturated carbocycles. The van der Waals surface area contributed by atoms with Crippen LogP contribution < -0.4 is 5.73 Å². The highest BCUT2D eigenvalue weighted by Crippen LogP contribution is 2.24. The number of aliphatic hydroxyl groups is 1. The average molecular weight is 279 g/mol. The molecule has 0 aliphatic heterocycles. The van der Waals surface area contributed by atoms with Crippen LogP contribution >= 0.6 is 22.6 Å². The molecule has 0 unspecified atom stereocenters. The van der Waals surface area contributed by atoms with Crippen LogP contribution in [0.2, 0.25) is 0 Å². The Labute approximate surface area is 84.4 Å². The van der Waals surface area contributed by atoms with Gasteiger partial charge in [-0.15, -0.1) is 0 Å². The topological polar surface area (TPSA) is 66.5 Å². The zero-order valence-corrected chi connectivity index (χ0v) is 8.52. The van der Waals surface area contributed by atoms with Crippen LogP contribution in [0.1, 0.15) is 11.6 Å². The number of phenolic OH excluding ortho intramolecular Hbond substituents is 1. The van der Waals surface area contributed by atoms with E-state index >= 15 is 0 Å². The van der Waals surface area contributed by atoms with Gasteiger partial charge in [0.25, 0.3) is 0 Å². The number of nitrogens with two attached hydrogens (primary N) is 1. The van der Waals surface area contributed by atoms with Crippen molar-refractivity contribution in [3.05, 3.63) is 27.3 Å². The van der Waals surface area contributed by atoms with E-state index in [2.05, 4.69) is 22.6 Å². The Bertz CT molecular complexity index is 278. The van der Waals surface area contributed by atoms with Crippen LogP contribution in [0.4, 0.5) is 0 Å². The zero-order valence-electron chi connectivity index (χ0n) is 6.37. The molecule has 0 fully saturated rings. The highest BCUT2D eigenvalue weighted by Gasteiger charge is 2.09. The number of rotatable bonds is 2. The lowest BCUT2D eigenvalue weighted by Gasteiger charge is -2.10. The van der Waals surface area contributed by atoms with E-state index < -0.39 is 6.04 Å². The standard InChI is InChI=1S/C8H10INO2/c9-5-1-2-8(12)6(3-5)7(10)4-11/h1-3,7,11-12H,4,10H2/t7-/m1/s1. The Balaban J connectivity index is 3.04. The van der Waals surface area contributed by atoms with Crippen molar-refractivity contribution < 1.29 is 10.2 Å². The van der Waals surface area contributed by atoms with Gasteiger partial charge in [-0.3, -0.25) is 0 Å². The van der Waals surface area contributed by atoms with Gasteiger partial charge >= 0.3 is 0 Å². The molecule has 1 aromatic carbocycles. The molecule has 4 N–H and O–H groups in total. The Morgan fingerprint density at radius 1 is 1.50 bits per heavy atom. The van der Waals surface area contributed by atoms with E-state index in [4.69, 9.17) is 10.8 Å². The van der Waals surface area contributed by atoms with Crippen molar-refractivity contribution in [2.75, 3.05) is 6.61 Å². The third kappa shape index (κ3) is 2.09. The van der Waals surface area contributed by atoms with E-state index in [0.29, 0.717) is 5.56 Å². The molecular weight excluding hydrogens is 269 g/mol. The van der Waals surface area contributed by atoms with Gasteiger partial charge in [0.05, 0.1) is 12.6 Å². The average Bonchev–Trinajstić information content (AvgIpc) is 2.08. The molecule has 0 bridgehead atoms. The lowest BCUT2D eigenvalue weighted by Crippen LogP contribution is -2.14. The lowest BCUT2D eigenvalue weighted by molar-refractivity contribution is 0.265. The van der Waals surface area contributed by atoms with Gasteiger partial charge in [-0.2, -0.15) is 0 Å². The van der Waals surface area contributed by atoms with E-state index in [0.717, 1.165) is 3.57 Å². The molecule has 1 rings (SSSR count). The smallest absolute Gasteiger partial charge is 0.120 e. The fraction of sp³-hybridized carbons (Fsp3) is 0.250. The molecular formula is C8H10INO2. The first kappa shape index (κ1) is 9.76. The van der Waals surface area contributed by atoms with Gasteiger partial charge in [0, 0.05) is 9.13 Å². The van der Waals surface area contributed by atoms with Gasteiger partial charge in [-0.05, 0) is 40.8 Å². The Kier molecular flexibility index (Phi) is 3.30. The van der Waals surface area contributed by atoms with Gasteiger partial charge < -0.3 is 15.9 Å². The summed E-state index contributed by atoms with van der Waals surface area (Å²) in [5, 5.41) is 18.1. The maximum Gasteiger partial charge on any atom is 0.120 e. The third-order valence-corrected chi connectivity index (χ3v) is 2.26. The maximum atomic E-state index is 9.34. The van der Waals surface area contributed by atoms with Crippen molar-refractivity contribution >= 4 is 22.6 Å². The summed E-state index contributed by atoms with van der Waals surface area (Å²) in [6.07, 6.45) is 0. The van der Waals surface area contributed by atoms with Gasteiger partial charge in [-0.25, -0.2) is 0 Å². The molecule has 0 heterocycles. The van der Waals surface area contributed by atoms with E-state index in [1.807, 2.05) is 0 Å². The van der Waals surface area contributed by atoms with Crippen LogP contribution in [0, 0.1) is 3.57 Å². The normalized spacial score (nSPS) is 12.9. The van der Waals surface area contributed by atoms with Gasteiger partial charge in [0.15, 0.2) is 0 Å². The van der Waals surface area contributed by atoms with Crippen LogP contribution in [0.5, 0.6) is 5.75 Å². The summed E-state index contributed by atoms with van der Waals surface area (Å²) in [6, 6.07) is 4.62. The van der Waals surface area contributed by atoms with E-state index in [1.54, 1.807) is 18.2 Å². The molecule has 0 aliphatic rings. The quantitative estimate of drug-likeness (QED) is 0.707. The van der Waals surface area contributed by atoms with Gasteiger partial charge in [0.1, 0.15) is 5.75 Å². The minimum absolute atomic E-state index is 0.136. The fourth-order valence-electron chi connectivity index (χ4n) is 0.921. The summed E-state index contributed by atoms with van der Waals surface area (Å²) in [5.74, 6) is 0.136. The van der Waals surface area contributed by atoms with Crippen LogP contribution in [-0.2, 0) is 0 Å². The zero-order chi connectivity index (χ0) is 9.14. The summed E-state index contributed by atoms with van der Waals surface area (Å²) in [6.45, 7) is -0.159. The minimum Gasteiger partial charge on any atom is -0.508 e. The molecule has 3 nitrogen and oxygen atoms in total. The van der Waals surface area contributed by atoms with E-state index in [-0.39, 0.29) is 12.4 Å². The highest BCUT2D eigenvalue weighted by molar-refractivity contribution is 14.1. The number of halogens is 1. The lowest BCUT2D eigenvalue weighted by atomic mass is 10.1. The van der Waals surface area contributed by atoms with Crippen molar-refractivity contribution in [2.45, 2.75) is 6.04 Å². The summed E-state index contributed by atoms with van der Waals surface area (Å²) < 4.78 is 0.990. The molecule has 0 aromatic heterocycles. The summed E-state index contributed by atoms with van der Waals surface area (Å²) in [4.78, 5) is 0. The molecule has 0 spiro atoms. The van der Waals surface area contributed by atoms with Crippen LogP contribution in [0.15, 0.2) is 18.2 Å². The molecule has 0 saturated heterocycles. The van der Waals surface area contributed by atoms with E-state index in [9.17, 15) is 5.11 Å². The van der Waals surface area contributed by atoms with Crippen molar-refractivity contribution in [3.63, 3.8) is 0 Å². The van der Waals surface area contributed by atoms with Crippen molar-refractivity contribution in [2.24, 2.45) is 5.73 Å². The first-order valence-electron chi connectivity index (χ1n) is 3.50. The number of benzene rings is 1. The van der Waals surface area contributed by atoms with Crippen LogP contribution in [0.25, 0.3) is 0 Å². The van der Waals surface area contributed by atoms with Crippen LogP contribution in [0.3, 0.4) is 0 Å². The van der Waals surface area contributed by atoms with Gasteiger partial charge in [0.2, 0.25) is 0 Å². The molecule has 0 amide bonds. The van der Waals surface area contributed by atoms with Crippen LogP contribution in [-0.4, -0.2) is 16.8 Å². The molecule has 1 atom stereocenters. The number of hydrogen-bond acceptors (Lipinski definition) is 3. The van der Waals surface area contributed by atoms with Crippen molar-refractivity contribution in [1.29, 1.82) is 0 Å². The molecule has 0 radical (unpaired) electrons. The summed E-state index contributed by atoms with van der Waals surface area (Å²) in [5.41, 5.74) is 6.14. The number of aliphatic hydroxyl groups excluding tert-OH is 1. The van der Waals surface area contributed by atoms with Crippen molar-refractivity contribution in [3.8, 4) is 5.75 Å². The van der Waals surface area contributed by atoms with Crippen molar-refractivity contribution in [1.82, 2.24) is 0 Å². The number of hydrogen-bond donors (Lipinski definition) is 3. The Morgan fingerprint density at radius 3 is 2.75 bits per heavy atom. The Morgan fingerprint density at radius 2 is 2.17 bits per heavy atom. The van der Waals surface area contributed by atoms with Gasteiger partial charge in [-0.1, -0.05) is 0 Å². The summed E-state index contributed by atoms with van der Waals surface area (Å²) >= 11 is 2.12.